The van der Waals surface area contributed by atoms with Crippen LogP contribution in [0.5, 0.6) is 0 Å². The quantitative estimate of drug-likeness (QED) is 0.661. The minimum atomic E-state index is -0.301. The molecule has 0 aliphatic carbocycles. The van der Waals surface area contributed by atoms with Crippen LogP contribution in [-0.4, -0.2) is 17.6 Å². The van der Waals surface area contributed by atoms with Gasteiger partial charge < -0.3 is 10.6 Å². The second kappa shape index (κ2) is 9.84. The second-order valence-corrected chi connectivity index (χ2v) is 9.12. The summed E-state index contributed by atoms with van der Waals surface area (Å²) in [6, 6.07) is 16.2. The van der Waals surface area contributed by atoms with Crippen molar-refractivity contribution in [2.24, 2.45) is 0 Å². The molecule has 3 rings (SSSR count). The number of aryl methyl sites for hydroxylation is 2. The largest absolute Gasteiger partial charge is 0.325 e. The number of allylic oxidation sites excluding steroid dienone is 1. The van der Waals surface area contributed by atoms with Crippen LogP contribution in [0.25, 0.3) is 0 Å². The Morgan fingerprint density at radius 1 is 1.23 bits per heavy atom. The third-order valence-corrected chi connectivity index (χ3v) is 6.38. The lowest BCUT2D eigenvalue weighted by Crippen LogP contribution is -2.31. The summed E-state index contributed by atoms with van der Waals surface area (Å²) < 4.78 is 0. The van der Waals surface area contributed by atoms with Crippen molar-refractivity contribution in [3.8, 4) is 6.07 Å². The normalized spacial score (nSPS) is 16.1. The highest BCUT2D eigenvalue weighted by atomic mass is 32.2. The summed E-state index contributed by atoms with van der Waals surface area (Å²) in [5.41, 5.74) is 5.54. The van der Waals surface area contributed by atoms with Gasteiger partial charge >= 0.3 is 0 Å². The third-order valence-electron chi connectivity index (χ3n) is 5.37. The third kappa shape index (κ3) is 5.56. The molecule has 0 saturated carbocycles. The molecule has 5 nitrogen and oxygen atoms in total. The van der Waals surface area contributed by atoms with Crippen LogP contribution in [0.1, 0.15) is 54.4 Å². The Morgan fingerprint density at radius 2 is 1.94 bits per heavy atom. The lowest BCUT2D eigenvalue weighted by Gasteiger charge is -2.25. The van der Waals surface area contributed by atoms with Gasteiger partial charge in [-0.3, -0.25) is 9.59 Å². The van der Waals surface area contributed by atoms with E-state index in [1.807, 2.05) is 56.3 Å². The molecule has 2 aromatic rings. The highest BCUT2D eigenvalue weighted by Gasteiger charge is 2.30. The van der Waals surface area contributed by atoms with E-state index in [-0.39, 0.29) is 29.9 Å². The maximum Gasteiger partial charge on any atom is 0.234 e. The predicted molar refractivity (Wildman–Crippen MR) is 126 cm³/mol. The number of amides is 2. The highest BCUT2D eigenvalue weighted by Crippen LogP contribution is 2.36. The van der Waals surface area contributed by atoms with Gasteiger partial charge in [-0.1, -0.05) is 67.6 Å². The van der Waals surface area contributed by atoms with E-state index in [1.165, 1.54) is 17.3 Å². The fraction of sp³-hybridized carbons (Fsp3) is 0.320. The summed E-state index contributed by atoms with van der Waals surface area (Å²) in [4.78, 5) is 24.8. The van der Waals surface area contributed by atoms with Gasteiger partial charge in [0.1, 0.15) is 0 Å². The second-order valence-electron chi connectivity index (χ2n) is 8.14. The van der Waals surface area contributed by atoms with Gasteiger partial charge in [-0.25, -0.2) is 0 Å². The summed E-state index contributed by atoms with van der Waals surface area (Å²) in [5, 5.41) is 16.0. The molecule has 1 heterocycles. The molecule has 1 aliphatic rings. The molecule has 0 fully saturated rings. The number of hydrogen-bond acceptors (Lipinski definition) is 4. The van der Waals surface area contributed by atoms with Gasteiger partial charge in [0.15, 0.2) is 0 Å². The van der Waals surface area contributed by atoms with Crippen LogP contribution in [0.2, 0.25) is 0 Å². The molecule has 160 valence electrons. The van der Waals surface area contributed by atoms with Crippen LogP contribution in [-0.2, 0) is 9.59 Å². The fourth-order valence-corrected chi connectivity index (χ4v) is 4.49. The number of carbonyl (C=O) groups is 2. The Kier molecular flexibility index (Phi) is 7.19. The fourth-order valence-electron chi connectivity index (χ4n) is 3.61. The highest BCUT2D eigenvalue weighted by molar-refractivity contribution is 8.03. The average Bonchev–Trinajstić information content (AvgIpc) is 2.74. The van der Waals surface area contributed by atoms with Gasteiger partial charge in [0.2, 0.25) is 11.8 Å². The molecule has 0 radical (unpaired) electrons. The van der Waals surface area contributed by atoms with Gasteiger partial charge in [0, 0.05) is 18.0 Å². The van der Waals surface area contributed by atoms with Crippen LogP contribution in [0.15, 0.2) is 53.1 Å². The van der Waals surface area contributed by atoms with E-state index in [4.69, 9.17) is 0 Å². The minimum absolute atomic E-state index is 0.104. The molecule has 0 saturated heterocycles. The van der Waals surface area contributed by atoms with E-state index in [1.54, 1.807) is 0 Å². The molecular formula is C25H27N3O2S. The number of thioether (sulfide) groups is 1. The van der Waals surface area contributed by atoms with E-state index in [0.717, 1.165) is 22.4 Å². The van der Waals surface area contributed by atoms with E-state index in [2.05, 4.69) is 30.6 Å². The predicted octanol–water partition coefficient (Wildman–Crippen LogP) is 5.14. The molecule has 0 unspecified atom stereocenters. The van der Waals surface area contributed by atoms with E-state index >= 15 is 0 Å². The number of rotatable bonds is 6. The summed E-state index contributed by atoms with van der Waals surface area (Å²) in [6.45, 7) is 8.20. The smallest absolute Gasteiger partial charge is 0.234 e. The van der Waals surface area contributed by atoms with Gasteiger partial charge in [-0.2, -0.15) is 5.26 Å². The first kappa shape index (κ1) is 22.6. The maximum absolute atomic E-state index is 12.5. The molecule has 1 atom stereocenters. The Labute approximate surface area is 187 Å². The molecule has 0 spiro atoms. The van der Waals surface area contributed by atoms with E-state index in [0.29, 0.717) is 16.5 Å². The molecule has 6 heteroatoms. The topological polar surface area (TPSA) is 82.0 Å². The summed E-state index contributed by atoms with van der Waals surface area (Å²) in [7, 11) is 0. The zero-order valence-corrected chi connectivity index (χ0v) is 19.1. The Balaban J connectivity index is 1.75. The minimum Gasteiger partial charge on any atom is -0.325 e. The number of carbonyl (C=O) groups excluding carboxylic acids is 2. The monoisotopic (exact) mass is 433 g/mol. The number of nitrogens with one attached hydrogen (secondary N) is 2. The zero-order valence-electron chi connectivity index (χ0n) is 18.3. The first-order valence-electron chi connectivity index (χ1n) is 10.3. The maximum atomic E-state index is 12.5. The first-order chi connectivity index (χ1) is 14.8. The number of nitrogens with zero attached hydrogens (tertiary/aromatic N) is 1. The zero-order chi connectivity index (χ0) is 22.5. The van der Waals surface area contributed by atoms with Crippen molar-refractivity contribution in [2.45, 2.75) is 46.0 Å². The standard InChI is InChI=1S/C25H27N3O2S/c1-15(2)18-6-8-19(9-7-18)20-12-23(29)28-25(21(20)13-26)31-14-24(30)27-22-10-5-16(3)11-17(22)4/h5-11,15,20H,12,14H2,1-4H3,(H,27,30)(H,28,29)/t20-/m0/s1. The molecule has 31 heavy (non-hydrogen) atoms. The van der Waals surface area contributed by atoms with Crippen molar-refractivity contribution < 1.29 is 9.59 Å². The average molecular weight is 434 g/mol. The Hall–Kier alpha value is -3.04. The van der Waals surface area contributed by atoms with Crippen LogP contribution in [0.3, 0.4) is 0 Å². The molecule has 1 aliphatic heterocycles. The Bertz CT molecular complexity index is 1070. The van der Waals surface area contributed by atoms with Crippen molar-refractivity contribution in [3.63, 3.8) is 0 Å². The molecular weight excluding hydrogens is 406 g/mol. The number of hydrogen-bond donors (Lipinski definition) is 2. The molecule has 2 aromatic carbocycles. The van der Waals surface area contributed by atoms with Crippen LogP contribution in [0.4, 0.5) is 5.69 Å². The summed E-state index contributed by atoms with van der Waals surface area (Å²) in [6.07, 6.45) is 0.225. The lowest BCUT2D eigenvalue weighted by molar-refractivity contribution is -0.121. The molecule has 2 N–H and O–H groups in total. The van der Waals surface area contributed by atoms with Crippen LogP contribution in [0, 0.1) is 25.2 Å². The van der Waals surface area contributed by atoms with Crippen molar-refractivity contribution >= 4 is 29.3 Å². The number of nitriles is 1. The summed E-state index contributed by atoms with van der Waals surface area (Å²) in [5.74, 6) is -0.109. The van der Waals surface area contributed by atoms with Gasteiger partial charge in [-0.15, -0.1) is 0 Å². The Morgan fingerprint density at radius 3 is 2.55 bits per heavy atom. The molecule has 0 aromatic heterocycles. The summed E-state index contributed by atoms with van der Waals surface area (Å²) >= 11 is 1.19. The molecule has 0 bridgehead atoms. The lowest BCUT2D eigenvalue weighted by atomic mass is 9.86. The number of benzene rings is 2. The first-order valence-corrected chi connectivity index (χ1v) is 11.3. The van der Waals surface area contributed by atoms with Crippen molar-refractivity contribution in [3.05, 3.63) is 75.3 Å². The van der Waals surface area contributed by atoms with Crippen LogP contribution >= 0.6 is 11.8 Å². The van der Waals surface area contributed by atoms with E-state index in [9.17, 15) is 14.9 Å². The van der Waals surface area contributed by atoms with Crippen LogP contribution < -0.4 is 10.6 Å². The van der Waals surface area contributed by atoms with Gasteiger partial charge in [0.25, 0.3) is 0 Å². The van der Waals surface area contributed by atoms with Crippen molar-refractivity contribution in [1.82, 2.24) is 5.32 Å². The SMILES string of the molecule is Cc1ccc(NC(=O)CSC2=C(C#N)[C@H](c3ccc(C(C)C)cc3)CC(=O)N2)c(C)c1. The number of anilines is 1. The van der Waals surface area contributed by atoms with Crippen molar-refractivity contribution in [1.29, 1.82) is 5.26 Å². The van der Waals surface area contributed by atoms with Gasteiger partial charge in [-0.05, 0) is 42.5 Å². The van der Waals surface area contributed by atoms with Gasteiger partial charge in [0.05, 0.1) is 22.4 Å². The molecule has 2 amide bonds. The van der Waals surface area contributed by atoms with E-state index < -0.39 is 0 Å². The van der Waals surface area contributed by atoms with Crippen molar-refractivity contribution in [2.75, 3.05) is 11.1 Å².